The third kappa shape index (κ3) is 2.04. The standard InChI is InChI=1S/C14H22ClNO2/c1-10-6-7-11(2)14(16-15,8-9-18-5)13(10,4)12(3)17/h6-7,16H,8-9H2,1-5H3. The first-order valence-electron chi connectivity index (χ1n) is 6.10. The number of hydrogen-bond acceptors (Lipinski definition) is 3. The van der Waals surface area contributed by atoms with E-state index in [-0.39, 0.29) is 5.78 Å². The Morgan fingerprint density at radius 2 is 1.94 bits per heavy atom. The third-order valence-electron chi connectivity index (χ3n) is 4.45. The van der Waals surface area contributed by atoms with Crippen LogP contribution in [0.15, 0.2) is 23.3 Å². The van der Waals surface area contributed by atoms with Crippen molar-refractivity contribution in [3.05, 3.63) is 23.3 Å². The summed E-state index contributed by atoms with van der Waals surface area (Å²) in [6.07, 6.45) is 4.66. The number of methoxy groups -OCH3 is 1. The monoisotopic (exact) mass is 271 g/mol. The van der Waals surface area contributed by atoms with Gasteiger partial charge in [0.2, 0.25) is 0 Å². The highest BCUT2D eigenvalue weighted by Crippen LogP contribution is 2.48. The van der Waals surface area contributed by atoms with Gasteiger partial charge in [-0.2, -0.15) is 0 Å². The Labute approximate surface area is 114 Å². The van der Waals surface area contributed by atoms with Gasteiger partial charge in [-0.05, 0) is 45.9 Å². The molecule has 0 saturated heterocycles. The van der Waals surface area contributed by atoms with E-state index in [9.17, 15) is 4.79 Å². The predicted octanol–water partition coefficient (Wildman–Crippen LogP) is 3.01. The largest absolute Gasteiger partial charge is 0.385 e. The van der Waals surface area contributed by atoms with Crippen molar-refractivity contribution in [1.29, 1.82) is 0 Å². The average molecular weight is 272 g/mol. The molecule has 0 aromatic carbocycles. The van der Waals surface area contributed by atoms with Crippen LogP contribution < -0.4 is 4.84 Å². The molecule has 4 heteroatoms. The molecule has 2 unspecified atom stereocenters. The molecule has 2 atom stereocenters. The number of carbonyl (C=O) groups excluding carboxylic acids is 1. The van der Waals surface area contributed by atoms with Crippen molar-refractivity contribution < 1.29 is 9.53 Å². The van der Waals surface area contributed by atoms with Crippen molar-refractivity contribution in [2.45, 2.75) is 39.7 Å². The van der Waals surface area contributed by atoms with Gasteiger partial charge in [-0.25, -0.2) is 4.84 Å². The van der Waals surface area contributed by atoms with E-state index in [0.717, 1.165) is 11.1 Å². The molecule has 0 aromatic rings. The second-order valence-electron chi connectivity index (χ2n) is 5.12. The Balaban J connectivity index is 3.37. The van der Waals surface area contributed by atoms with Gasteiger partial charge < -0.3 is 4.74 Å². The number of allylic oxidation sites excluding steroid dienone is 2. The molecule has 0 aromatic heterocycles. The molecule has 1 rings (SSSR count). The van der Waals surface area contributed by atoms with Crippen molar-refractivity contribution in [2.24, 2.45) is 5.41 Å². The summed E-state index contributed by atoms with van der Waals surface area (Å²) in [5, 5.41) is 0. The van der Waals surface area contributed by atoms with Crippen LogP contribution in [0.5, 0.6) is 0 Å². The molecule has 0 aliphatic heterocycles. The Hall–Kier alpha value is -0.640. The van der Waals surface area contributed by atoms with Crippen molar-refractivity contribution in [2.75, 3.05) is 13.7 Å². The van der Waals surface area contributed by atoms with Gasteiger partial charge in [0.05, 0.1) is 11.0 Å². The van der Waals surface area contributed by atoms with E-state index in [1.165, 1.54) is 0 Å². The van der Waals surface area contributed by atoms with Gasteiger partial charge in [-0.1, -0.05) is 23.3 Å². The fourth-order valence-corrected chi connectivity index (χ4v) is 3.22. The molecule has 0 radical (unpaired) electrons. The molecule has 0 saturated carbocycles. The first kappa shape index (κ1) is 15.4. The zero-order chi connectivity index (χ0) is 14.0. The van der Waals surface area contributed by atoms with Crippen LogP contribution in [0, 0.1) is 5.41 Å². The van der Waals surface area contributed by atoms with Crippen LogP contribution in [0.25, 0.3) is 0 Å². The second-order valence-corrected chi connectivity index (χ2v) is 5.31. The maximum Gasteiger partial charge on any atom is 0.141 e. The average Bonchev–Trinajstić information content (AvgIpc) is 2.34. The molecule has 18 heavy (non-hydrogen) atoms. The molecule has 0 amide bonds. The SMILES string of the molecule is COCCC1(NCl)C(C)=CC=C(C)C1(C)C(C)=O. The van der Waals surface area contributed by atoms with E-state index >= 15 is 0 Å². The van der Waals surface area contributed by atoms with Crippen LogP contribution in [0.1, 0.15) is 34.1 Å². The molecule has 0 bridgehead atoms. The van der Waals surface area contributed by atoms with Gasteiger partial charge >= 0.3 is 0 Å². The molecule has 0 spiro atoms. The number of ether oxygens (including phenoxy) is 1. The van der Waals surface area contributed by atoms with Crippen LogP contribution in [-0.4, -0.2) is 25.0 Å². The second kappa shape index (κ2) is 5.55. The molecule has 3 nitrogen and oxygen atoms in total. The number of rotatable bonds is 5. The first-order chi connectivity index (χ1) is 8.36. The molecule has 0 heterocycles. The number of carbonyl (C=O) groups is 1. The lowest BCUT2D eigenvalue weighted by Gasteiger charge is -2.49. The smallest absolute Gasteiger partial charge is 0.141 e. The van der Waals surface area contributed by atoms with E-state index < -0.39 is 11.0 Å². The van der Waals surface area contributed by atoms with Crippen LogP contribution in [0.3, 0.4) is 0 Å². The zero-order valence-corrected chi connectivity index (χ0v) is 12.5. The summed E-state index contributed by atoms with van der Waals surface area (Å²) >= 11 is 6.04. The van der Waals surface area contributed by atoms with E-state index in [2.05, 4.69) is 4.84 Å². The molecule has 1 N–H and O–H groups in total. The summed E-state index contributed by atoms with van der Waals surface area (Å²) in [4.78, 5) is 15.1. The highest BCUT2D eigenvalue weighted by molar-refractivity contribution is 6.14. The fraction of sp³-hybridized carbons (Fsp3) is 0.643. The maximum atomic E-state index is 12.2. The zero-order valence-electron chi connectivity index (χ0n) is 11.8. The normalized spacial score (nSPS) is 31.9. The number of hydrogen-bond donors (Lipinski definition) is 1. The van der Waals surface area contributed by atoms with Crippen LogP contribution in [-0.2, 0) is 9.53 Å². The Morgan fingerprint density at radius 1 is 1.39 bits per heavy atom. The van der Waals surface area contributed by atoms with Crippen molar-refractivity contribution in [1.82, 2.24) is 4.84 Å². The summed E-state index contributed by atoms with van der Waals surface area (Å²) in [7, 11) is 1.65. The van der Waals surface area contributed by atoms with E-state index in [1.807, 2.05) is 32.9 Å². The molecular weight excluding hydrogens is 250 g/mol. The lowest BCUT2D eigenvalue weighted by molar-refractivity contribution is -0.127. The minimum Gasteiger partial charge on any atom is -0.385 e. The summed E-state index contributed by atoms with van der Waals surface area (Å²) in [5.41, 5.74) is 0.837. The quantitative estimate of drug-likeness (QED) is 0.781. The van der Waals surface area contributed by atoms with Gasteiger partial charge in [0.25, 0.3) is 0 Å². The van der Waals surface area contributed by atoms with Crippen molar-refractivity contribution in [3.63, 3.8) is 0 Å². The summed E-state index contributed by atoms with van der Waals surface area (Å²) in [6, 6.07) is 0. The maximum absolute atomic E-state index is 12.2. The topological polar surface area (TPSA) is 38.3 Å². The molecule has 0 fully saturated rings. The van der Waals surface area contributed by atoms with Crippen molar-refractivity contribution in [3.8, 4) is 0 Å². The van der Waals surface area contributed by atoms with Gasteiger partial charge in [0.15, 0.2) is 0 Å². The molecule has 1 aliphatic carbocycles. The van der Waals surface area contributed by atoms with Gasteiger partial charge in [0, 0.05) is 13.7 Å². The number of ketones is 1. The number of halogens is 1. The van der Waals surface area contributed by atoms with Crippen molar-refractivity contribution >= 4 is 17.6 Å². The van der Waals surface area contributed by atoms with Crippen LogP contribution >= 0.6 is 11.8 Å². The lowest BCUT2D eigenvalue weighted by Crippen LogP contribution is -2.60. The highest BCUT2D eigenvalue weighted by atomic mass is 35.5. The minimum atomic E-state index is -0.647. The molecular formula is C14H22ClNO2. The lowest BCUT2D eigenvalue weighted by atomic mass is 9.58. The predicted molar refractivity (Wildman–Crippen MR) is 74.5 cm³/mol. The van der Waals surface area contributed by atoms with E-state index in [4.69, 9.17) is 16.5 Å². The van der Waals surface area contributed by atoms with Gasteiger partial charge in [-0.15, -0.1) is 0 Å². The van der Waals surface area contributed by atoms with Crippen LogP contribution in [0.4, 0.5) is 0 Å². The summed E-state index contributed by atoms with van der Waals surface area (Å²) in [6.45, 7) is 8.07. The Morgan fingerprint density at radius 3 is 2.39 bits per heavy atom. The Kier molecular flexibility index (Phi) is 4.76. The van der Waals surface area contributed by atoms with Gasteiger partial charge in [0.1, 0.15) is 5.78 Å². The van der Waals surface area contributed by atoms with E-state index in [1.54, 1.807) is 14.0 Å². The summed E-state index contributed by atoms with van der Waals surface area (Å²) in [5.74, 6) is 0.105. The Bertz CT molecular complexity index is 403. The summed E-state index contributed by atoms with van der Waals surface area (Å²) < 4.78 is 5.17. The fourth-order valence-electron chi connectivity index (χ4n) is 2.79. The number of Topliss-reactive ketones (excluding diaryl/α,β-unsaturated/α-hetero) is 1. The van der Waals surface area contributed by atoms with Gasteiger partial charge in [-0.3, -0.25) is 4.79 Å². The highest BCUT2D eigenvalue weighted by Gasteiger charge is 2.54. The molecule has 102 valence electrons. The first-order valence-corrected chi connectivity index (χ1v) is 6.48. The van der Waals surface area contributed by atoms with Crippen LogP contribution in [0.2, 0.25) is 0 Å². The third-order valence-corrected chi connectivity index (χ3v) is 4.77. The minimum absolute atomic E-state index is 0.105. The number of nitrogens with one attached hydrogen (secondary N) is 1. The van der Waals surface area contributed by atoms with E-state index in [0.29, 0.717) is 13.0 Å². The molecule has 1 aliphatic rings.